The molecule has 0 fully saturated rings. The first-order valence-corrected chi connectivity index (χ1v) is 5.01. The molecule has 0 spiro atoms. The lowest BCUT2D eigenvalue weighted by molar-refractivity contribution is -0.0957. The maximum absolute atomic E-state index is 5.77. The summed E-state index contributed by atoms with van der Waals surface area (Å²) in [5.41, 5.74) is -0.315. The number of hydrogen-bond donors (Lipinski definition) is 2. The molecule has 68 valence electrons. The van der Waals surface area contributed by atoms with Crippen LogP contribution in [0.25, 0.3) is 0 Å². The van der Waals surface area contributed by atoms with Gasteiger partial charge in [0.1, 0.15) is 0 Å². The molecule has 0 saturated heterocycles. The Bertz CT molecular complexity index is 107. The molecule has 0 aromatic rings. The van der Waals surface area contributed by atoms with Gasteiger partial charge in [-0.1, -0.05) is 0 Å². The minimum atomic E-state index is -0.157. The number of hydrogen-bond acceptors (Lipinski definition) is 3. The van der Waals surface area contributed by atoms with E-state index in [1.54, 1.807) is 0 Å². The Hall–Kier alpha value is 0.660. The van der Waals surface area contributed by atoms with Crippen LogP contribution < -0.4 is 0 Å². The maximum atomic E-state index is 5.77. The zero-order valence-electron chi connectivity index (χ0n) is 7.72. The maximum Gasteiger partial charge on any atom is 0.0721 e. The van der Waals surface area contributed by atoms with Crippen molar-refractivity contribution in [1.82, 2.24) is 0 Å². The summed E-state index contributed by atoms with van der Waals surface area (Å²) in [5.74, 6) is 1.45. The second kappa shape index (κ2) is 4.06. The van der Waals surface area contributed by atoms with E-state index >= 15 is 0 Å². The van der Waals surface area contributed by atoms with E-state index in [2.05, 4.69) is 25.3 Å². The average Bonchev–Trinajstić information content (AvgIpc) is 1.86. The first-order chi connectivity index (χ1) is 4.83. The highest BCUT2D eigenvalue weighted by Crippen LogP contribution is 2.21. The van der Waals surface area contributed by atoms with Gasteiger partial charge in [0.2, 0.25) is 0 Å². The molecule has 0 aromatic carbocycles. The number of ether oxygens (including phenoxy) is 1. The quantitative estimate of drug-likeness (QED) is 0.654. The molecule has 0 heterocycles. The second-order valence-electron chi connectivity index (χ2n) is 3.94. The minimum Gasteiger partial charge on any atom is -0.368 e. The van der Waals surface area contributed by atoms with E-state index in [4.69, 9.17) is 4.74 Å². The fraction of sp³-hybridized carbons (Fsp3) is 1.00. The van der Waals surface area contributed by atoms with Crippen LogP contribution in [-0.2, 0) is 4.74 Å². The highest BCUT2D eigenvalue weighted by molar-refractivity contribution is 7.80. The first-order valence-electron chi connectivity index (χ1n) is 3.75. The van der Waals surface area contributed by atoms with Crippen molar-refractivity contribution in [2.24, 2.45) is 0 Å². The third kappa shape index (κ3) is 4.99. The van der Waals surface area contributed by atoms with Crippen LogP contribution in [0.1, 0.15) is 27.7 Å². The van der Waals surface area contributed by atoms with Crippen molar-refractivity contribution in [3.63, 3.8) is 0 Å². The minimum absolute atomic E-state index is 0.157. The largest absolute Gasteiger partial charge is 0.368 e. The van der Waals surface area contributed by atoms with E-state index in [0.717, 1.165) is 11.5 Å². The fourth-order valence-electron chi connectivity index (χ4n) is 0.813. The van der Waals surface area contributed by atoms with Crippen LogP contribution in [0.4, 0.5) is 0 Å². The molecule has 0 aliphatic heterocycles. The predicted molar refractivity (Wildman–Crippen MR) is 56.9 cm³/mol. The van der Waals surface area contributed by atoms with Gasteiger partial charge < -0.3 is 4.74 Å². The van der Waals surface area contributed by atoms with Gasteiger partial charge in [0.05, 0.1) is 11.2 Å². The van der Waals surface area contributed by atoms with Crippen molar-refractivity contribution in [1.29, 1.82) is 0 Å². The molecule has 0 saturated carbocycles. The van der Waals surface area contributed by atoms with Gasteiger partial charge in [-0.15, -0.1) is 0 Å². The second-order valence-corrected chi connectivity index (χ2v) is 4.57. The molecule has 0 aliphatic rings. The van der Waals surface area contributed by atoms with Crippen LogP contribution in [0.3, 0.4) is 0 Å². The van der Waals surface area contributed by atoms with E-state index in [9.17, 15) is 0 Å². The molecule has 0 N–H and O–H groups in total. The first kappa shape index (κ1) is 11.7. The van der Waals surface area contributed by atoms with Crippen molar-refractivity contribution in [3.05, 3.63) is 0 Å². The monoisotopic (exact) mass is 194 g/mol. The van der Waals surface area contributed by atoms with E-state index in [0.29, 0.717) is 0 Å². The lowest BCUT2D eigenvalue weighted by Crippen LogP contribution is -2.39. The molecular weight excluding hydrogens is 176 g/mol. The highest BCUT2D eigenvalue weighted by atomic mass is 32.1. The SMILES string of the molecule is CC(C)(CS)OC(C)(C)CS. The van der Waals surface area contributed by atoms with Gasteiger partial charge in [0.15, 0.2) is 0 Å². The van der Waals surface area contributed by atoms with Crippen molar-refractivity contribution in [2.75, 3.05) is 11.5 Å². The van der Waals surface area contributed by atoms with Crippen LogP contribution in [0, 0.1) is 0 Å². The van der Waals surface area contributed by atoms with Gasteiger partial charge in [-0.25, -0.2) is 0 Å². The summed E-state index contributed by atoms with van der Waals surface area (Å²) in [4.78, 5) is 0. The van der Waals surface area contributed by atoms with Crippen molar-refractivity contribution < 1.29 is 4.74 Å². The summed E-state index contributed by atoms with van der Waals surface area (Å²) >= 11 is 8.40. The zero-order valence-corrected chi connectivity index (χ0v) is 9.51. The van der Waals surface area contributed by atoms with Crippen LogP contribution >= 0.6 is 25.3 Å². The van der Waals surface area contributed by atoms with Gasteiger partial charge in [-0.3, -0.25) is 0 Å². The molecule has 0 radical (unpaired) electrons. The molecule has 3 heteroatoms. The number of rotatable bonds is 4. The summed E-state index contributed by atoms with van der Waals surface area (Å²) < 4.78 is 5.77. The fourth-order valence-corrected chi connectivity index (χ4v) is 0.942. The predicted octanol–water partition coefficient (Wildman–Crippen LogP) is 2.42. The Morgan fingerprint density at radius 1 is 0.909 bits per heavy atom. The third-order valence-electron chi connectivity index (χ3n) is 1.31. The molecule has 0 aromatic heterocycles. The Morgan fingerprint density at radius 2 is 1.18 bits per heavy atom. The van der Waals surface area contributed by atoms with Gasteiger partial charge in [0.25, 0.3) is 0 Å². The van der Waals surface area contributed by atoms with E-state index in [1.165, 1.54) is 0 Å². The van der Waals surface area contributed by atoms with Gasteiger partial charge in [-0.2, -0.15) is 25.3 Å². The van der Waals surface area contributed by atoms with Gasteiger partial charge in [0, 0.05) is 11.5 Å². The third-order valence-corrected chi connectivity index (χ3v) is 2.84. The smallest absolute Gasteiger partial charge is 0.0721 e. The molecule has 0 aliphatic carbocycles. The molecule has 0 bridgehead atoms. The van der Waals surface area contributed by atoms with E-state index in [-0.39, 0.29) is 11.2 Å². The molecular formula is C8H18OS2. The summed E-state index contributed by atoms with van der Waals surface area (Å²) in [6, 6.07) is 0. The molecule has 0 amide bonds. The normalized spacial score (nSPS) is 13.6. The topological polar surface area (TPSA) is 9.23 Å². The lowest BCUT2D eigenvalue weighted by atomic mass is 10.1. The zero-order chi connectivity index (χ0) is 9.12. The van der Waals surface area contributed by atoms with Crippen molar-refractivity contribution >= 4 is 25.3 Å². The number of thiol groups is 2. The summed E-state index contributed by atoms with van der Waals surface area (Å²) in [7, 11) is 0. The van der Waals surface area contributed by atoms with Gasteiger partial charge >= 0.3 is 0 Å². The van der Waals surface area contributed by atoms with Crippen molar-refractivity contribution in [2.45, 2.75) is 38.9 Å². The van der Waals surface area contributed by atoms with Crippen LogP contribution in [-0.4, -0.2) is 22.7 Å². The molecule has 1 nitrogen and oxygen atoms in total. The molecule has 0 rings (SSSR count). The highest BCUT2D eigenvalue weighted by Gasteiger charge is 2.26. The van der Waals surface area contributed by atoms with Crippen LogP contribution in [0.2, 0.25) is 0 Å². The molecule has 11 heavy (non-hydrogen) atoms. The average molecular weight is 194 g/mol. The Balaban J connectivity index is 4.02. The standard InChI is InChI=1S/C8H18OS2/c1-7(2,5-10)9-8(3,4)6-11/h10-11H,5-6H2,1-4H3. The van der Waals surface area contributed by atoms with E-state index < -0.39 is 0 Å². The molecule has 0 atom stereocenters. The van der Waals surface area contributed by atoms with Crippen LogP contribution in [0.15, 0.2) is 0 Å². The van der Waals surface area contributed by atoms with Crippen molar-refractivity contribution in [3.8, 4) is 0 Å². The lowest BCUT2D eigenvalue weighted by Gasteiger charge is -2.34. The molecule has 0 unspecified atom stereocenters. The Labute approximate surface area is 80.7 Å². The van der Waals surface area contributed by atoms with Crippen LogP contribution in [0.5, 0.6) is 0 Å². The summed E-state index contributed by atoms with van der Waals surface area (Å²) in [6.45, 7) is 8.13. The van der Waals surface area contributed by atoms with Gasteiger partial charge in [-0.05, 0) is 27.7 Å². The Morgan fingerprint density at radius 3 is 1.36 bits per heavy atom. The van der Waals surface area contributed by atoms with E-state index in [1.807, 2.05) is 27.7 Å². The summed E-state index contributed by atoms with van der Waals surface area (Å²) in [6.07, 6.45) is 0. The summed E-state index contributed by atoms with van der Waals surface area (Å²) in [5, 5.41) is 0. The Kier molecular flexibility index (Phi) is 4.30.